The van der Waals surface area contributed by atoms with Crippen molar-refractivity contribution in [3.8, 4) is 17.5 Å². The minimum absolute atomic E-state index is 0.0104. The van der Waals surface area contributed by atoms with Crippen molar-refractivity contribution in [3.05, 3.63) is 81.1 Å². The molecule has 1 amide bonds. The SMILES string of the molecule is COc1ccc(Cl)cc1NC(=O)/C(C#N)=C/c1cc(C)n(-c2c(C)cccc2C)c1C. The Bertz CT molecular complexity index is 1210. The maximum absolute atomic E-state index is 12.8. The summed E-state index contributed by atoms with van der Waals surface area (Å²) < 4.78 is 7.42. The summed E-state index contributed by atoms with van der Waals surface area (Å²) in [5.41, 5.74) is 6.61. The van der Waals surface area contributed by atoms with Crippen molar-refractivity contribution < 1.29 is 9.53 Å². The Morgan fingerprint density at radius 2 is 1.81 bits per heavy atom. The highest BCUT2D eigenvalue weighted by atomic mass is 35.5. The molecule has 0 saturated carbocycles. The number of anilines is 1. The Morgan fingerprint density at radius 1 is 1.13 bits per heavy atom. The van der Waals surface area contributed by atoms with E-state index in [1.807, 2.05) is 32.0 Å². The second-order valence-electron chi connectivity index (χ2n) is 7.37. The third kappa shape index (κ3) is 4.50. The first-order chi connectivity index (χ1) is 14.8. The molecule has 3 aromatic rings. The quantitative estimate of drug-likeness (QED) is 0.401. The average molecular weight is 434 g/mol. The van der Waals surface area contributed by atoms with Crippen LogP contribution < -0.4 is 10.1 Å². The van der Waals surface area contributed by atoms with Crippen LogP contribution in [0.2, 0.25) is 5.02 Å². The number of nitrogens with one attached hydrogen (secondary N) is 1. The molecule has 2 aromatic carbocycles. The van der Waals surface area contributed by atoms with Crippen LogP contribution in [-0.4, -0.2) is 17.6 Å². The molecule has 0 bridgehead atoms. The predicted octanol–water partition coefficient (Wildman–Crippen LogP) is 5.92. The van der Waals surface area contributed by atoms with Crippen molar-refractivity contribution in [2.45, 2.75) is 27.7 Å². The molecule has 0 aliphatic carbocycles. The minimum Gasteiger partial charge on any atom is -0.495 e. The molecule has 0 radical (unpaired) electrons. The molecule has 1 aromatic heterocycles. The number of ether oxygens (including phenoxy) is 1. The van der Waals surface area contributed by atoms with E-state index in [2.05, 4.69) is 35.9 Å². The molecule has 0 aliphatic heterocycles. The average Bonchev–Trinajstić information content (AvgIpc) is 2.99. The van der Waals surface area contributed by atoms with Gasteiger partial charge in [0.05, 0.1) is 18.5 Å². The lowest BCUT2D eigenvalue weighted by molar-refractivity contribution is -0.112. The van der Waals surface area contributed by atoms with Crippen molar-refractivity contribution >= 4 is 29.3 Å². The minimum atomic E-state index is -0.528. The van der Waals surface area contributed by atoms with Crippen LogP contribution >= 0.6 is 11.6 Å². The lowest BCUT2D eigenvalue weighted by Crippen LogP contribution is -2.14. The zero-order valence-corrected chi connectivity index (χ0v) is 19.0. The van der Waals surface area contributed by atoms with Gasteiger partial charge in [-0.1, -0.05) is 29.8 Å². The van der Waals surface area contributed by atoms with Crippen LogP contribution in [0, 0.1) is 39.0 Å². The third-order valence-electron chi connectivity index (χ3n) is 5.21. The molecule has 0 aliphatic rings. The Morgan fingerprint density at radius 3 is 2.42 bits per heavy atom. The van der Waals surface area contributed by atoms with Gasteiger partial charge in [0.25, 0.3) is 5.91 Å². The summed E-state index contributed by atoms with van der Waals surface area (Å²) in [5.74, 6) is -0.0665. The van der Waals surface area contributed by atoms with Crippen molar-refractivity contribution in [1.29, 1.82) is 5.26 Å². The van der Waals surface area contributed by atoms with Gasteiger partial charge in [0.1, 0.15) is 17.4 Å². The fourth-order valence-corrected chi connectivity index (χ4v) is 3.88. The van der Waals surface area contributed by atoms with Crippen molar-refractivity contribution in [2.24, 2.45) is 0 Å². The van der Waals surface area contributed by atoms with Gasteiger partial charge in [-0.05, 0) is 74.7 Å². The summed E-state index contributed by atoms with van der Waals surface area (Å²) in [5, 5.41) is 12.8. The van der Waals surface area contributed by atoms with Gasteiger partial charge in [-0.15, -0.1) is 0 Å². The molecule has 158 valence electrons. The van der Waals surface area contributed by atoms with Gasteiger partial charge in [-0.25, -0.2) is 0 Å². The Hall–Kier alpha value is -3.49. The molecule has 0 saturated heterocycles. The number of nitrogens with zero attached hydrogens (tertiary/aromatic N) is 2. The van der Waals surface area contributed by atoms with Crippen LogP contribution in [0.1, 0.15) is 28.1 Å². The number of rotatable bonds is 5. The fraction of sp³-hybridized carbons (Fsp3) is 0.200. The van der Waals surface area contributed by atoms with Gasteiger partial charge in [0.15, 0.2) is 0 Å². The number of hydrogen-bond acceptors (Lipinski definition) is 3. The van der Waals surface area contributed by atoms with Gasteiger partial charge >= 0.3 is 0 Å². The molecular formula is C25H24ClN3O2. The molecule has 3 rings (SSSR count). The number of amides is 1. The van der Waals surface area contributed by atoms with E-state index in [9.17, 15) is 10.1 Å². The molecule has 0 atom stereocenters. The monoisotopic (exact) mass is 433 g/mol. The summed E-state index contributed by atoms with van der Waals surface area (Å²) in [4.78, 5) is 12.8. The van der Waals surface area contributed by atoms with E-state index in [4.69, 9.17) is 16.3 Å². The van der Waals surface area contributed by atoms with E-state index < -0.39 is 5.91 Å². The molecule has 0 fully saturated rings. The van der Waals surface area contributed by atoms with Crippen LogP contribution in [0.3, 0.4) is 0 Å². The molecule has 1 heterocycles. The first kappa shape index (κ1) is 22.2. The standard InChI is InChI=1S/C25H24ClN3O2/c1-15-7-6-8-16(2)24(15)29-17(3)11-19(18(29)4)12-20(14-27)25(30)28-22-13-21(26)9-10-23(22)31-5/h6-13H,1-5H3,(H,28,30)/b20-12+. The number of methoxy groups -OCH3 is 1. The van der Waals surface area contributed by atoms with Crippen molar-refractivity contribution in [3.63, 3.8) is 0 Å². The highest BCUT2D eigenvalue weighted by molar-refractivity contribution is 6.31. The number of benzene rings is 2. The zero-order valence-electron chi connectivity index (χ0n) is 18.2. The number of carbonyl (C=O) groups excluding carboxylic acids is 1. The second kappa shape index (κ2) is 9.11. The highest BCUT2D eigenvalue weighted by Crippen LogP contribution is 2.29. The fourth-order valence-electron chi connectivity index (χ4n) is 3.71. The van der Waals surface area contributed by atoms with Gasteiger partial charge in [0.2, 0.25) is 0 Å². The summed E-state index contributed by atoms with van der Waals surface area (Å²) in [6.07, 6.45) is 1.61. The largest absolute Gasteiger partial charge is 0.495 e. The number of aromatic nitrogens is 1. The Kier molecular flexibility index (Phi) is 6.53. The molecule has 6 heteroatoms. The van der Waals surface area contributed by atoms with Crippen LogP contribution in [0.25, 0.3) is 11.8 Å². The van der Waals surface area contributed by atoms with Crippen LogP contribution in [0.5, 0.6) is 5.75 Å². The molecular weight excluding hydrogens is 410 g/mol. The Labute approximate surface area is 187 Å². The topological polar surface area (TPSA) is 67.0 Å². The normalized spacial score (nSPS) is 11.2. The maximum atomic E-state index is 12.8. The first-order valence-corrected chi connectivity index (χ1v) is 10.2. The molecule has 31 heavy (non-hydrogen) atoms. The number of carbonyl (C=O) groups is 1. The number of nitriles is 1. The third-order valence-corrected chi connectivity index (χ3v) is 5.44. The van der Waals surface area contributed by atoms with Gasteiger partial charge in [0, 0.05) is 16.4 Å². The van der Waals surface area contributed by atoms with Crippen molar-refractivity contribution in [1.82, 2.24) is 4.57 Å². The number of para-hydroxylation sites is 1. The molecule has 0 unspecified atom stereocenters. The predicted molar refractivity (Wildman–Crippen MR) is 125 cm³/mol. The number of halogens is 1. The number of hydrogen-bond donors (Lipinski definition) is 1. The van der Waals surface area contributed by atoms with Crippen molar-refractivity contribution in [2.75, 3.05) is 12.4 Å². The lowest BCUT2D eigenvalue weighted by Gasteiger charge is -2.15. The first-order valence-electron chi connectivity index (χ1n) is 9.79. The van der Waals surface area contributed by atoms with Gasteiger partial charge < -0.3 is 14.6 Å². The van der Waals surface area contributed by atoms with Crippen LogP contribution in [0.15, 0.2) is 48.0 Å². The zero-order chi connectivity index (χ0) is 22.7. The van der Waals surface area contributed by atoms with Gasteiger partial charge in [-0.2, -0.15) is 5.26 Å². The van der Waals surface area contributed by atoms with E-state index in [0.717, 1.165) is 33.8 Å². The van der Waals surface area contributed by atoms with Gasteiger partial charge in [-0.3, -0.25) is 4.79 Å². The molecule has 1 N–H and O–H groups in total. The van der Waals surface area contributed by atoms with E-state index in [1.165, 1.54) is 7.11 Å². The maximum Gasteiger partial charge on any atom is 0.266 e. The summed E-state index contributed by atoms with van der Waals surface area (Å²) in [7, 11) is 1.50. The van der Waals surface area contributed by atoms with Crippen LogP contribution in [-0.2, 0) is 4.79 Å². The second-order valence-corrected chi connectivity index (χ2v) is 7.81. The summed E-state index contributed by atoms with van der Waals surface area (Å²) in [6, 6.07) is 15.1. The van der Waals surface area contributed by atoms with E-state index in [-0.39, 0.29) is 5.57 Å². The van der Waals surface area contributed by atoms with Crippen LogP contribution in [0.4, 0.5) is 5.69 Å². The number of aryl methyl sites for hydroxylation is 3. The van der Waals surface area contributed by atoms with E-state index in [1.54, 1.807) is 24.3 Å². The summed E-state index contributed by atoms with van der Waals surface area (Å²) in [6.45, 7) is 8.14. The lowest BCUT2D eigenvalue weighted by atomic mass is 10.1. The molecule has 0 spiro atoms. The van der Waals surface area contributed by atoms with E-state index in [0.29, 0.717) is 16.5 Å². The highest BCUT2D eigenvalue weighted by Gasteiger charge is 2.17. The smallest absolute Gasteiger partial charge is 0.266 e. The summed E-state index contributed by atoms with van der Waals surface area (Å²) >= 11 is 6.04. The van der Waals surface area contributed by atoms with E-state index >= 15 is 0 Å². The molecule has 5 nitrogen and oxygen atoms in total. The Balaban J connectivity index is 2.00.